The molecular formula is C5H7NO2. The zero-order valence-corrected chi connectivity index (χ0v) is 4.53. The van der Waals surface area contributed by atoms with Crippen molar-refractivity contribution < 1.29 is 9.90 Å². The van der Waals surface area contributed by atoms with Gasteiger partial charge in [0.25, 0.3) is 5.91 Å². The largest absolute Gasteiger partial charge is 0.379 e. The van der Waals surface area contributed by atoms with E-state index in [1.54, 1.807) is 13.2 Å². The Morgan fingerprint density at radius 1 is 1.88 bits per heavy atom. The molecule has 0 aliphatic carbocycles. The number of likely N-dealkylation sites (N-methyl/N-ethyl adjacent to an activating group) is 1. The van der Waals surface area contributed by atoms with Gasteiger partial charge in [0, 0.05) is 13.2 Å². The summed E-state index contributed by atoms with van der Waals surface area (Å²) in [5.74, 6) is -0.259. The van der Waals surface area contributed by atoms with E-state index >= 15 is 0 Å². The topological polar surface area (TPSA) is 40.5 Å². The highest BCUT2D eigenvalue weighted by Crippen LogP contribution is 2.02. The summed E-state index contributed by atoms with van der Waals surface area (Å²) in [6.07, 6.45) is 2.09. The third-order valence-electron chi connectivity index (χ3n) is 1.09. The molecule has 8 heavy (non-hydrogen) atoms. The molecule has 1 rings (SSSR count). The number of aliphatic hydroxyl groups is 1. The second kappa shape index (κ2) is 1.59. The molecule has 3 nitrogen and oxygen atoms in total. The maximum atomic E-state index is 10.5. The molecule has 1 N–H and O–H groups in total. The molecule has 0 aromatic rings. The minimum atomic E-state index is -0.903. The lowest BCUT2D eigenvalue weighted by atomic mass is 10.4. The zero-order chi connectivity index (χ0) is 6.15. The van der Waals surface area contributed by atoms with Crippen LogP contribution in [0.4, 0.5) is 0 Å². The van der Waals surface area contributed by atoms with E-state index < -0.39 is 6.10 Å². The molecule has 0 bridgehead atoms. The van der Waals surface area contributed by atoms with Crippen LogP contribution >= 0.6 is 0 Å². The smallest absolute Gasteiger partial charge is 0.259 e. The molecule has 1 atom stereocenters. The number of nitrogens with zero attached hydrogens (tertiary/aromatic N) is 1. The van der Waals surface area contributed by atoms with Crippen molar-refractivity contribution in [2.45, 2.75) is 6.10 Å². The highest BCUT2D eigenvalue weighted by atomic mass is 16.3. The van der Waals surface area contributed by atoms with Gasteiger partial charge in [-0.25, -0.2) is 0 Å². The molecule has 0 unspecified atom stereocenters. The monoisotopic (exact) mass is 113 g/mol. The Morgan fingerprint density at radius 3 is 2.62 bits per heavy atom. The van der Waals surface area contributed by atoms with Gasteiger partial charge in [-0.05, 0) is 6.08 Å². The van der Waals surface area contributed by atoms with Gasteiger partial charge in [0.05, 0.1) is 0 Å². The summed E-state index contributed by atoms with van der Waals surface area (Å²) in [5.41, 5.74) is 0. The first-order valence-corrected chi connectivity index (χ1v) is 2.35. The van der Waals surface area contributed by atoms with Crippen molar-refractivity contribution in [1.82, 2.24) is 4.90 Å². The number of rotatable bonds is 0. The maximum Gasteiger partial charge on any atom is 0.259 e. The number of aliphatic hydroxyl groups excluding tert-OH is 1. The van der Waals surface area contributed by atoms with Crippen LogP contribution in [0.2, 0.25) is 0 Å². The third kappa shape index (κ3) is 0.607. The normalized spacial score (nSPS) is 27.5. The Morgan fingerprint density at radius 2 is 2.50 bits per heavy atom. The Labute approximate surface area is 47.2 Å². The fourth-order valence-electron chi connectivity index (χ4n) is 0.575. The van der Waals surface area contributed by atoms with E-state index in [0.717, 1.165) is 0 Å². The molecule has 0 saturated carbocycles. The van der Waals surface area contributed by atoms with Crippen molar-refractivity contribution in [2.24, 2.45) is 0 Å². The molecule has 0 aromatic heterocycles. The summed E-state index contributed by atoms with van der Waals surface area (Å²) in [5, 5.41) is 8.69. The highest BCUT2D eigenvalue weighted by molar-refractivity contribution is 5.85. The van der Waals surface area contributed by atoms with Crippen LogP contribution in [0.3, 0.4) is 0 Å². The average Bonchev–Trinajstić information content (AvgIpc) is 1.98. The van der Waals surface area contributed by atoms with E-state index in [1.807, 2.05) is 0 Å². The molecule has 1 heterocycles. The van der Waals surface area contributed by atoms with Gasteiger partial charge in [-0.1, -0.05) is 0 Å². The van der Waals surface area contributed by atoms with Gasteiger partial charge in [-0.15, -0.1) is 0 Å². The van der Waals surface area contributed by atoms with Gasteiger partial charge in [0.1, 0.15) is 0 Å². The lowest BCUT2D eigenvalue weighted by molar-refractivity contribution is -0.132. The minimum Gasteiger partial charge on any atom is -0.379 e. The first-order valence-electron chi connectivity index (χ1n) is 2.35. The first-order chi connectivity index (χ1) is 3.72. The number of hydrogen-bond acceptors (Lipinski definition) is 2. The molecule has 0 spiro atoms. The Balaban J connectivity index is 2.70. The van der Waals surface area contributed by atoms with E-state index in [2.05, 4.69) is 0 Å². The van der Waals surface area contributed by atoms with Crippen LogP contribution in [0, 0.1) is 0 Å². The molecule has 1 aliphatic rings. The summed E-state index contributed by atoms with van der Waals surface area (Å²) in [6.45, 7) is 0. The predicted octanol–water partition coefficient (Wildman–Crippen LogP) is -0.667. The summed E-state index contributed by atoms with van der Waals surface area (Å²) >= 11 is 0. The van der Waals surface area contributed by atoms with Crippen LogP contribution in [0.15, 0.2) is 12.3 Å². The van der Waals surface area contributed by atoms with Gasteiger partial charge in [0.15, 0.2) is 6.10 Å². The molecule has 0 saturated heterocycles. The summed E-state index contributed by atoms with van der Waals surface area (Å²) in [7, 11) is 1.61. The average molecular weight is 113 g/mol. The van der Waals surface area contributed by atoms with E-state index in [1.165, 1.54) is 11.0 Å². The van der Waals surface area contributed by atoms with Crippen molar-refractivity contribution in [3.63, 3.8) is 0 Å². The summed E-state index contributed by atoms with van der Waals surface area (Å²) in [4.78, 5) is 11.9. The number of carbonyl (C=O) groups is 1. The van der Waals surface area contributed by atoms with Crippen LogP contribution in [-0.2, 0) is 4.79 Å². The van der Waals surface area contributed by atoms with Crippen LogP contribution in [0.25, 0.3) is 0 Å². The van der Waals surface area contributed by atoms with Crippen molar-refractivity contribution >= 4 is 5.91 Å². The second-order valence-electron chi connectivity index (χ2n) is 1.74. The van der Waals surface area contributed by atoms with Gasteiger partial charge in [0.2, 0.25) is 0 Å². The summed E-state index contributed by atoms with van der Waals surface area (Å²) < 4.78 is 0. The Kier molecular flexibility index (Phi) is 1.06. The second-order valence-corrected chi connectivity index (χ2v) is 1.74. The van der Waals surface area contributed by atoms with Gasteiger partial charge in [-0.3, -0.25) is 4.79 Å². The lowest BCUT2D eigenvalue weighted by Crippen LogP contribution is -2.24. The molecule has 1 aliphatic heterocycles. The van der Waals surface area contributed by atoms with Crippen LogP contribution in [0.1, 0.15) is 0 Å². The van der Waals surface area contributed by atoms with Crippen LogP contribution in [-0.4, -0.2) is 29.1 Å². The van der Waals surface area contributed by atoms with Crippen LogP contribution in [0.5, 0.6) is 0 Å². The number of amides is 1. The van der Waals surface area contributed by atoms with Gasteiger partial charge < -0.3 is 10.0 Å². The van der Waals surface area contributed by atoms with Gasteiger partial charge in [-0.2, -0.15) is 0 Å². The van der Waals surface area contributed by atoms with Crippen molar-refractivity contribution in [1.29, 1.82) is 0 Å². The Bertz CT molecular complexity index is 127. The molecule has 44 valence electrons. The van der Waals surface area contributed by atoms with E-state index in [-0.39, 0.29) is 5.91 Å². The quantitative estimate of drug-likeness (QED) is 0.452. The van der Waals surface area contributed by atoms with Crippen LogP contribution < -0.4 is 0 Å². The SMILES string of the molecule is CN1C=C[C@@H](O)C1=O. The molecule has 3 heteroatoms. The van der Waals surface area contributed by atoms with Crippen molar-refractivity contribution in [3.05, 3.63) is 12.3 Å². The fraction of sp³-hybridized carbons (Fsp3) is 0.400. The van der Waals surface area contributed by atoms with E-state index in [0.29, 0.717) is 0 Å². The van der Waals surface area contributed by atoms with E-state index in [9.17, 15) is 4.79 Å². The molecule has 0 fully saturated rings. The molecule has 0 radical (unpaired) electrons. The molecule has 0 aromatic carbocycles. The highest BCUT2D eigenvalue weighted by Gasteiger charge is 2.19. The summed E-state index contributed by atoms with van der Waals surface area (Å²) in [6, 6.07) is 0. The van der Waals surface area contributed by atoms with E-state index in [4.69, 9.17) is 5.11 Å². The molecule has 1 amide bonds. The Hall–Kier alpha value is -0.830. The zero-order valence-electron chi connectivity index (χ0n) is 4.53. The van der Waals surface area contributed by atoms with Crippen molar-refractivity contribution in [3.8, 4) is 0 Å². The number of hydrogen-bond donors (Lipinski definition) is 1. The predicted molar refractivity (Wildman–Crippen MR) is 27.9 cm³/mol. The standard InChI is InChI=1S/C5H7NO2/c1-6-3-2-4(7)5(6)8/h2-4,7H,1H3/t4-/m1/s1. The fourth-order valence-corrected chi connectivity index (χ4v) is 0.575. The lowest BCUT2D eigenvalue weighted by Gasteiger charge is -2.04. The first kappa shape index (κ1) is 5.31. The number of carbonyl (C=O) groups excluding carboxylic acids is 1. The van der Waals surface area contributed by atoms with Gasteiger partial charge >= 0.3 is 0 Å². The maximum absolute atomic E-state index is 10.5. The van der Waals surface area contributed by atoms with Crippen molar-refractivity contribution in [2.75, 3.05) is 7.05 Å². The molecular weight excluding hydrogens is 106 g/mol. The minimum absolute atomic E-state index is 0.259. The third-order valence-corrected chi connectivity index (χ3v) is 1.09.